The Hall–Kier alpha value is -1.02. The molecule has 3 aliphatic rings. The summed E-state index contributed by atoms with van der Waals surface area (Å²) >= 11 is 0. The summed E-state index contributed by atoms with van der Waals surface area (Å²) in [6.07, 6.45) is 7.98. The van der Waals surface area contributed by atoms with Crippen molar-refractivity contribution in [1.82, 2.24) is 0 Å². The third kappa shape index (κ3) is 2.06. The molecule has 2 bridgehead atoms. The normalized spacial score (nSPS) is 35.6. The molecule has 102 valence electrons. The van der Waals surface area contributed by atoms with E-state index < -0.39 is 0 Å². The van der Waals surface area contributed by atoms with Gasteiger partial charge in [-0.1, -0.05) is 12.5 Å². The van der Waals surface area contributed by atoms with E-state index in [9.17, 15) is 0 Å². The standard InChI is InChI=1S/C17H23NO/c18-17-6-3-13-9-15(4-5-16(13)17)19-10-14-8-11-1-2-12(14)7-11/h4-5,9,11-12,14,17H,1-3,6-8,10,18H2/t11?,12?,14?,17-/m1/s1. The van der Waals surface area contributed by atoms with Gasteiger partial charge in [-0.15, -0.1) is 0 Å². The summed E-state index contributed by atoms with van der Waals surface area (Å²) in [6, 6.07) is 6.74. The van der Waals surface area contributed by atoms with Crippen molar-refractivity contribution in [2.24, 2.45) is 23.5 Å². The molecular formula is C17H23NO. The van der Waals surface area contributed by atoms with Crippen molar-refractivity contribution in [2.75, 3.05) is 6.61 Å². The number of fused-ring (bicyclic) bond motifs is 3. The van der Waals surface area contributed by atoms with Crippen LogP contribution in [0.15, 0.2) is 18.2 Å². The maximum atomic E-state index is 6.07. The fourth-order valence-electron chi connectivity index (χ4n) is 4.50. The Morgan fingerprint density at radius 2 is 2.11 bits per heavy atom. The van der Waals surface area contributed by atoms with Gasteiger partial charge < -0.3 is 10.5 Å². The smallest absolute Gasteiger partial charge is 0.119 e. The summed E-state index contributed by atoms with van der Waals surface area (Å²) in [6.45, 7) is 0.923. The third-order valence-corrected chi connectivity index (χ3v) is 5.59. The zero-order chi connectivity index (χ0) is 12.8. The predicted molar refractivity (Wildman–Crippen MR) is 76.1 cm³/mol. The molecule has 4 rings (SSSR count). The monoisotopic (exact) mass is 257 g/mol. The molecule has 2 N–H and O–H groups in total. The second kappa shape index (κ2) is 4.52. The zero-order valence-electron chi connectivity index (χ0n) is 11.5. The van der Waals surface area contributed by atoms with Gasteiger partial charge in [-0.3, -0.25) is 0 Å². The molecule has 0 saturated heterocycles. The van der Waals surface area contributed by atoms with Crippen LogP contribution in [0.4, 0.5) is 0 Å². The SMILES string of the molecule is N[C@@H]1CCc2cc(OCC3CC4CCC3C4)ccc21. The average Bonchev–Trinajstić information content (AvgIpc) is 3.12. The lowest BCUT2D eigenvalue weighted by molar-refractivity contribution is 0.195. The second-order valence-electron chi connectivity index (χ2n) is 6.75. The molecule has 1 aromatic rings. The fraction of sp³-hybridized carbons (Fsp3) is 0.647. The van der Waals surface area contributed by atoms with E-state index in [0.717, 1.165) is 43.0 Å². The Labute approximate surface area is 115 Å². The van der Waals surface area contributed by atoms with Gasteiger partial charge in [0, 0.05) is 6.04 Å². The van der Waals surface area contributed by atoms with E-state index in [1.807, 2.05) is 0 Å². The van der Waals surface area contributed by atoms with Crippen molar-refractivity contribution in [1.29, 1.82) is 0 Å². The zero-order valence-corrected chi connectivity index (χ0v) is 11.5. The number of hydrogen-bond acceptors (Lipinski definition) is 2. The lowest BCUT2D eigenvalue weighted by Crippen LogP contribution is -2.18. The van der Waals surface area contributed by atoms with Crippen LogP contribution in [-0.2, 0) is 6.42 Å². The predicted octanol–water partition coefficient (Wildman–Crippen LogP) is 3.45. The molecule has 0 aliphatic heterocycles. The van der Waals surface area contributed by atoms with E-state index in [0.29, 0.717) is 0 Å². The van der Waals surface area contributed by atoms with Gasteiger partial charge in [-0.2, -0.15) is 0 Å². The summed E-state index contributed by atoms with van der Waals surface area (Å²) in [5.74, 6) is 3.83. The van der Waals surface area contributed by atoms with Crippen molar-refractivity contribution >= 4 is 0 Å². The van der Waals surface area contributed by atoms with Crippen LogP contribution in [0.25, 0.3) is 0 Å². The van der Waals surface area contributed by atoms with Gasteiger partial charge in [0.05, 0.1) is 6.61 Å². The molecule has 0 heterocycles. The highest BCUT2D eigenvalue weighted by molar-refractivity contribution is 5.40. The van der Waals surface area contributed by atoms with Crippen LogP contribution in [0, 0.1) is 17.8 Å². The first-order valence-electron chi connectivity index (χ1n) is 7.81. The van der Waals surface area contributed by atoms with Crippen LogP contribution in [0.2, 0.25) is 0 Å². The molecular weight excluding hydrogens is 234 g/mol. The molecule has 2 saturated carbocycles. The van der Waals surface area contributed by atoms with E-state index in [-0.39, 0.29) is 6.04 Å². The molecule has 0 spiro atoms. The van der Waals surface area contributed by atoms with E-state index in [2.05, 4.69) is 18.2 Å². The quantitative estimate of drug-likeness (QED) is 0.900. The number of benzene rings is 1. The van der Waals surface area contributed by atoms with Gasteiger partial charge in [0.2, 0.25) is 0 Å². The first kappa shape index (κ1) is 11.8. The van der Waals surface area contributed by atoms with Crippen LogP contribution < -0.4 is 10.5 Å². The van der Waals surface area contributed by atoms with Crippen LogP contribution in [0.1, 0.15) is 49.3 Å². The molecule has 0 amide bonds. The van der Waals surface area contributed by atoms with Crippen molar-refractivity contribution in [2.45, 2.75) is 44.6 Å². The van der Waals surface area contributed by atoms with Crippen molar-refractivity contribution in [3.05, 3.63) is 29.3 Å². The van der Waals surface area contributed by atoms with Gasteiger partial charge in [-0.05, 0) is 73.1 Å². The highest BCUT2D eigenvalue weighted by Gasteiger charge is 2.39. The maximum absolute atomic E-state index is 6.07. The van der Waals surface area contributed by atoms with Gasteiger partial charge in [0.25, 0.3) is 0 Å². The molecule has 1 aromatic carbocycles. The number of ether oxygens (including phenoxy) is 1. The Kier molecular flexibility index (Phi) is 2.80. The Morgan fingerprint density at radius 3 is 2.89 bits per heavy atom. The highest BCUT2D eigenvalue weighted by atomic mass is 16.5. The molecule has 2 fully saturated rings. The van der Waals surface area contributed by atoms with Gasteiger partial charge in [0.1, 0.15) is 5.75 Å². The second-order valence-corrected chi connectivity index (χ2v) is 6.75. The Morgan fingerprint density at radius 1 is 1.16 bits per heavy atom. The highest BCUT2D eigenvalue weighted by Crippen LogP contribution is 2.48. The number of nitrogens with two attached hydrogens (primary N) is 1. The minimum atomic E-state index is 0.245. The lowest BCUT2D eigenvalue weighted by atomic mass is 9.89. The van der Waals surface area contributed by atoms with E-state index in [1.165, 1.54) is 36.8 Å². The van der Waals surface area contributed by atoms with Gasteiger partial charge in [-0.25, -0.2) is 0 Å². The average molecular weight is 257 g/mol. The molecule has 0 radical (unpaired) electrons. The first-order valence-corrected chi connectivity index (χ1v) is 7.81. The number of rotatable bonds is 3. The van der Waals surface area contributed by atoms with E-state index in [1.54, 1.807) is 0 Å². The molecule has 19 heavy (non-hydrogen) atoms. The van der Waals surface area contributed by atoms with E-state index >= 15 is 0 Å². The van der Waals surface area contributed by atoms with E-state index in [4.69, 9.17) is 10.5 Å². The molecule has 3 aliphatic carbocycles. The van der Waals surface area contributed by atoms with Crippen molar-refractivity contribution < 1.29 is 4.74 Å². The summed E-state index contributed by atoms with van der Waals surface area (Å²) in [5.41, 5.74) is 8.80. The molecule has 0 aromatic heterocycles. The summed E-state index contributed by atoms with van der Waals surface area (Å²) in [7, 11) is 0. The molecule has 2 nitrogen and oxygen atoms in total. The minimum absolute atomic E-state index is 0.245. The summed E-state index contributed by atoms with van der Waals surface area (Å²) in [5, 5.41) is 0. The van der Waals surface area contributed by atoms with Gasteiger partial charge in [0.15, 0.2) is 0 Å². The first-order chi connectivity index (χ1) is 9.29. The topological polar surface area (TPSA) is 35.2 Å². The Balaban J connectivity index is 1.41. The van der Waals surface area contributed by atoms with Gasteiger partial charge >= 0.3 is 0 Å². The van der Waals surface area contributed by atoms with Crippen LogP contribution in [0.5, 0.6) is 5.75 Å². The Bertz CT molecular complexity index is 484. The largest absolute Gasteiger partial charge is 0.493 e. The fourth-order valence-corrected chi connectivity index (χ4v) is 4.50. The van der Waals surface area contributed by atoms with Crippen LogP contribution in [0.3, 0.4) is 0 Å². The summed E-state index contributed by atoms with van der Waals surface area (Å²) < 4.78 is 6.06. The summed E-state index contributed by atoms with van der Waals surface area (Å²) in [4.78, 5) is 0. The van der Waals surface area contributed by atoms with Crippen molar-refractivity contribution in [3.63, 3.8) is 0 Å². The molecule has 2 heteroatoms. The third-order valence-electron chi connectivity index (χ3n) is 5.59. The van der Waals surface area contributed by atoms with Crippen molar-refractivity contribution in [3.8, 4) is 5.75 Å². The van der Waals surface area contributed by atoms with Crippen LogP contribution >= 0.6 is 0 Å². The molecule has 4 atom stereocenters. The van der Waals surface area contributed by atoms with Crippen LogP contribution in [-0.4, -0.2) is 6.61 Å². The number of hydrogen-bond donors (Lipinski definition) is 1. The molecule has 3 unspecified atom stereocenters. The maximum Gasteiger partial charge on any atom is 0.119 e. The lowest BCUT2D eigenvalue weighted by Gasteiger charge is -2.22. The number of aryl methyl sites for hydroxylation is 1. The minimum Gasteiger partial charge on any atom is -0.493 e.